The third-order valence-corrected chi connectivity index (χ3v) is 5.36. The molecule has 1 atom stereocenters. The van der Waals surface area contributed by atoms with Crippen molar-refractivity contribution in [2.45, 2.75) is 39.3 Å². The van der Waals surface area contributed by atoms with Gasteiger partial charge in [0, 0.05) is 32.4 Å². The highest BCUT2D eigenvalue weighted by Gasteiger charge is 2.25. The van der Waals surface area contributed by atoms with E-state index in [1.165, 1.54) is 16.6 Å². The summed E-state index contributed by atoms with van der Waals surface area (Å²) < 4.78 is 17.7. The van der Waals surface area contributed by atoms with Gasteiger partial charge in [0.2, 0.25) is 0 Å². The Morgan fingerprint density at radius 2 is 2.03 bits per heavy atom. The number of amides is 1. The van der Waals surface area contributed by atoms with Crippen molar-refractivity contribution in [3.63, 3.8) is 0 Å². The Hall–Kier alpha value is -3.11. The molecule has 0 spiro atoms. The molecule has 0 radical (unpaired) electrons. The number of aromatic amines is 1. The molecule has 1 unspecified atom stereocenters. The summed E-state index contributed by atoms with van der Waals surface area (Å²) in [5.74, 6) is 0.227. The van der Waals surface area contributed by atoms with Crippen molar-refractivity contribution >= 4 is 17.4 Å². The SMILES string of the molecule is COCCN(C(=O)c1ccc(OCC2CCCO2)cc1)c1c(N)n(CC(C)C)c(=O)[nH]c1=O. The van der Waals surface area contributed by atoms with Gasteiger partial charge in [-0.2, -0.15) is 0 Å². The first-order valence-electron chi connectivity index (χ1n) is 11.1. The van der Waals surface area contributed by atoms with Crippen LogP contribution in [0.4, 0.5) is 11.5 Å². The monoisotopic (exact) mass is 460 g/mol. The van der Waals surface area contributed by atoms with Gasteiger partial charge in [-0.05, 0) is 43.0 Å². The van der Waals surface area contributed by atoms with E-state index in [9.17, 15) is 14.4 Å². The molecule has 10 nitrogen and oxygen atoms in total. The van der Waals surface area contributed by atoms with Gasteiger partial charge in [-0.1, -0.05) is 13.8 Å². The molecule has 1 aliphatic heterocycles. The van der Waals surface area contributed by atoms with Crippen molar-refractivity contribution in [1.29, 1.82) is 0 Å². The minimum Gasteiger partial charge on any atom is -0.491 e. The van der Waals surface area contributed by atoms with Gasteiger partial charge < -0.3 is 19.9 Å². The first-order chi connectivity index (χ1) is 15.8. The molecule has 1 fully saturated rings. The Kier molecular flexibility index (Phi) is 8.29. The van der Waals surface area contributed by atoms with Gasteiger partial charge in [0.15, 0.2) is 5.69 Å². The Balaban J connectivity index is 1.87. The summed E-state index contributed by atoms with van der Waals surface area (Å²) in [4.78, 5) is 41.9. The van der Waals surface area contributed by atoms with Gasteiger partial charge >= 0.3 is 5.69 Å². The first kappa shape index (κ1) is 24.5. The van der Waals surface area contributed by atoms with E-state index >= 15 is 0 Å². The van der Waals surface area contributed by atoms with Crippen LogP contribution in [0.1, 0.15) is 37.0 Å². The van der Waals surface area contributed by atoms with Crippen LogP contribution in [0.2, 0.25) is 0 Å². The predicted octanol–water partition coefficient (Wildman–Crippen LogP) is 1.63. The molecule has 33 heavy (non-hydrogen) atoms. The zero-order valence-electron chi connectivity index (χ0n) is 19.3. The number of anilines is 2. The lowest BCUT2D eigenvalue weighted by Gasteiger charge is -2.25. The molecule has 1 amide bonds. The van der Waals surface area contributed by atoms with Crippen LogP contribution in [0, 0.1) is 5.92 Å². The molecular weight excluding hydrogens is 428 g/mol. The number of benzene rings is 1. The molecule has 0 aliphatic carbocycles. The van der Waals surface area contributed by atoms with Crippen molar-refractivity contribution in [3.05, 3.63) is 50.7 Å². The van der Waals surface area contributed by atoms with Crippen LogP contribution in [0.15, 0.2) is 33.9 Å². The number of carbonyl (C=O) groups excluding carboxylic acids is 1. The number of nitrogens with two attached hydrogens (primary N) is 1. The maximum absolute atomic E-state index is 13.4. The smallest absolute Gasteiger partial charge is 0.330 e. The van der Waals surface area contributed by atoms with E-state index in [-0.39, 0.29) is 36.7 Å². The molecule has 2 heterocycles. The molecule has 3 rings (SSSR count). The summed E-state index contributed by atoms with van der Waals surface area (Å²) in [6.07, 6.45) is 2.10. The van der Waals surface area contributed by atoms with Gasteiger partial charge in [0.25, 0.3) is 11.5 Å². The molecule has 180 valence electrons. The van der Waals surface area contributed by atoms with Crippen molar-refractivity contribution < 1.29 is 19.0 Å². The van der Waals surface area contributed by atoms with Crippen LogP contribution < -0.4 is 26.6 Å². The molecule has 10 heteroatoms. The van der Waals surface area contributed by atoms with Crippen molar-refractivity contribution in [2.24, 2.45) is 5.92 Å². The van der Waals surface area contributed by atoms with Crippen LogP contribution in [-0.2, 0) is 16.0 Å². The summed E-state index contributed by atoms with van der Waals surface area (Å²) in [6, 6.07) is 6.65. The van der Waals surface area contributed by atoms with Crippen molar-refractivity contribution in [2.75, 3.05) is 44.1 Å². The van der Waals surface area contributed by atoms with Crippen molar-refractivity contribution in [3.8, 4) is 5.75 Å². The number of nitrogen functional groups attached to an aromatic ring is 1. The Morgan fingerprint density at radius 3 is 2.64 bits per heavy atom. The van der Waals surface area contributed by atoms with E-state index in [4.69, 9.17) is 19.9 Å². The first-order valence-corrected chi connectivity index (χ1v) is 11.1. The topological polar surface area (TPSA) is 129 Å². The fourth-order valence-corrected chi connectivity index (χ4v) is 3.70. The second kappa shape index (κ2) is 11.2. The van der Waals surface area contributed by atoms with E-state index in [0.717, 1.165) is 19.4 Å². The van der Waals surface area contributed by atoms with Gasteiger partial charge in [-0.3, -0.25) is 24.0 Å². The highest BCUT2D eigenvalue weighted by molar-refractivity contribution is 6.07. The largest absolute Gasteiger partial charge is 0.491 e. The maximum Gasteiger partial charge on any atom is 0.330 e. The normalized spacial score (nSPS) is 15.7. The number of aromatic nitrogens is 2. The number of methoxy groups -OCH3 is 1. The van der Waals surface area contributed by atoms with E-state index in [1.807, 2.05) is 13.8 Å². The summed E-state index contributed by atoms with van der Waals surface area (Å²) >= 11 is 0. The van der Waals surface area contributed by atoms with Gasteiger partial charge in [0.05, 0.1) is 12.7 Å². The number of H-pyrrole nitrogens is 1. The highest BCUT2D eigenvalue weighted by atomic mass is 16.5. The second-order valence-corrected chi connectivity index (χ2v) is 8.42. The van der Waals surface area contributed by atoms with Crippen LogP contribution in [0.5, 0.6) is 5.75 Å². The lowest BCUT2D eigenvalue weighted by atomic mass is 10.1. The lowest BCUT2D eigenvalue weighted by molar-refractivity contribution is 0.0679. The number of hydrogen-bond donors (Lipinski definition) is 2. The summed E-state index contributed by atoms with van der Waals surface area (Å²) in [7, 11) is 1.50. The Bertz CT molecular complexity index is 1050. The molecule has 2 aromatic rings. The number of rotatable bonds is 10. The molecule has 1 aromatic heterocycles. The second-order valence-electron chi connectivity index (χ2n) is 8.42. The van der Waals surface area contributed by atoms with Crippen LogP contribution in [0.3, 0.4) is 0 Å². The van der Waals surface area contributed by atoms with E-state index in [0.29, 0.717) is 24.5 Å². The molecule has 0 bridgehead atoms. The quantitative estimate of drug-likeness (QED) is 0.551. The molecule has 1 saturated heterocycles. The molecule has 1 aliphatic rings. The maximum atomic E-state index is 13.4. The standard InChI is InChI=1S/C23H32N4O6/c1-15(2)13-27-20(24)19(21(28)25-23(27)30)26(10-12-31-3)22(29)16-6-8-17(9-7-16)33-14-18-5-4-11-32-18/h6-9,15,18H,4-5,10-14,24H2,1-3H3,(H,25,28,30). The van der Waals surface area contributed by atoms with E-state index in [1.54, 1.807) is 24.3 Å². The minimum absolute atomic E-state index is 0.0570. The minimum atomic E-state index is -0.724. The molecule has 0 saturated carbocycles. The van der Waals surface area contributed by atoms with Crippen LogP contribution in [0.25, 0.3) is 0 Å². The van der Waals surface area contributed by atoms with Gasteiger partial charge in [-0.25, -0.2) is 4.79 Å². The summed E-state index contributed by atoms with van der Waals surface area (Å²) in [6.45, 7) is 5.62. The predicted molar refractivity (Wildman–Crippen MR) is 125 cm³/mol. The molecular formula is C23H32N4O6. The Morgan fingerprint density at radius 1 is 1.30 bits per heavy atom. The van der Waals surface area contributed by atoms with Crippen LogP contribution in [-0.4, -0.2) is 55.0 Å². The fourth-order valence-electron chi connectivity index (χ4n) is 3.70. The summed E-state index contributed by atoms with van der Waals surface area (Å²) in [5.41, 5.74) is 5.16. The molecule has 3 N–H and O–H groups in total. The zero-order chi connectivity index (χ0) is 24.0. The average Bonchev–Trinajstić information content (AvgIpc) is 3.31. The van der Waals surface area contributed by atoms with Gasteiger partial charge in [-0.15, -0.1) is 0 Å². The Labute approximate surface area is 192 Å². The van der Waals surface area contributed by atoms with Gasteiger partial charge in [0.1, 0.15) is 18.2 Å². The number of carbonyl (C=O) groups is 1. The third kappa shape index (κ3) is 6.02. The zero-order valence-corrected chi connectivity index (χ0v) is 19.3. The highest BCUT2D eigenvalue weighted by Crippen LogP contribution is 2.22. The number of nitrogens with zero attached hydrogens (tertiary/aromatic N) is 2. The number of ether oxygens (including phenoxy) is 3. The third-order valence-electron chi connectivity index (χ3n) is 5.36. The van der Waals surface area contributed by atoms with Crippen molar-refractivity contribution in [1.82, 2.24) is 9.55 Å². The van der Waals surface area contributed by atoms with E-state index in [2.05, 4.69) is 4.98 Å². The molecule has 1 aromatic carbocycles. The number of nitrogens with one attached hydrogen (secondary N) is 1. The van der Waals surface area contributed by atoms with E-state index < -0.39 is 17.2 Å². The average molecular weight is 461 g/mol. The lowest BCUT2D eigenvalue weighted by Crippen LogP contribution is -2.42. The fraction of sp³-hybridized carbons (Fsp3) is 0.522. The summed E-state index contributed by atoms with van der Waals surface area (Å²) in [5, 5.41) is 0. The van der Waals surface area contributed by atoms with Crippen LogP contribution >= 0.6 is 0 Å². The number of hydrogen-bond acceptors (Lipinski definition) is 7.